The smallest absolute Gasteiger partial charge is 0.261 e. The molecule has 0 aliphatic carbocycles. The zero-order valence-electron chi connectivity index (χ0n) is 10.6. The van der Waals surface area contributed by atoms with Gasteiger partial charge >= 0.3 is 0 Å². The monoisotopic (exact) mass is 281 g/mol. The number of fused-ring (bicyclic) bond motifs is 1. The Morgan fingerprint density at radius 2 is 2.26 bits per heavy atom. The molecule has 19 heavy (non-hydrogen) atoms. The normalized spacial score (nSPS) is 12.6. The molecular weight excluding hydrogens is 265 g/mol. The van der Waals surface area contributed by atoms with Crippen molar-refractivity contribution in [3.05, 3.63) is 35.0 Å². The maximum absolute atomic E-state index is 13.1. The van der Waals surface area contributed by atoms with E-state index in [-0.39, 0.29) is 17.8 Å². The van der Waals surface area contributed by atoms with Gasteiger partial charge in [-0.3, -0.25) is 4.79 Å². The van der Waals surface area contributed by atoms with E-state index in [1.165, 1.54) is 23.5 Å². The highest BCUT2D eigenvalue weighted by Crippen LogP contribution is 2.26. The zero-order valence-corrected chi connectivity index (χ0v) is 11.5. The summed E-state index contributed by atoms with van der Waals surface area (Å²) in [6.07, 6.45) is 1.06. The Balaban J connectivity index is 1.97. The molecule has 0 bridgehead atoms. The van der Waals surface area contributed by atoms with Gasteiger partial charge in [-0.05, 0) is 49.4 Å². The highest BCUT2D eigenvalue weighted by Gasteiger charge is 2.10. The van der Waals surface area contributed by atoms with Gasteiger partial charge in [0.1, 0.15) is 5.82 Å². The standard InChI is InChI=1S/C14H16FNO2S/c1-9(17)3-2-6-16-14(18)13-8-10-7-11(15)4-5-12(10)19-13/h4-5,7-9,17H,2-3,6H2,1H3,(H,16,18). The second-order valence-corrected chi connectivity index (χ2v) is 5.62. The van der Waals surface area contributed by atoms with Crippen LogP contribution in [0.4, 0.5) is 4.39 Å². The van der Waals surface area contributed by atoms with Gasteiger partial charge in [-0.2, -0.15) is 0 Å². The average Bonchev–Trinajstić information content (AvgIpc) is 2.77. The first-order valence-electron chi connectivity index (χ1n) is 6.21. The number of aliphatic hydroxyl groups excluding tert-OH is 1. The van der Waals surface area contributed by atoms with Crippen molar-refractivity contribution in [3.8, 4) is 0 Å². The molecular formula is C14H16FNO2S. The summed E-state index contributed by atoms with van der Waals surface area (Å²) in [5.41, 5.74) is 0. The van der Waals surface area contributed by atoms with Crippen molar-refractivity contribution in [2.24, 2.45) is 0 Å². The average molecular weight is 281 g/mol. The van der Waals surface area contributed by atoms with Crippen molar-refractivity contribution in [2.75, 3.05) is 6.54 Å². The number of hydrogen-bond acceptors (Lipinski definition) is 3. The van der Waals surface area contributed by atoms with Crippen molar-refractivity contribution in [1.29, 1.82) is 0 Å². The Bertz CT molecular complexity index is 580. The van der Waals surface area contributed by atoms with Gasteiger partial charge in [0.2, 0.25) is 0 Å². The molecule has 2 N–H and O–H groups in total. The van der Waals surface area contributed by atoms with E-state index < -0.39 is 0 Å². The fourth-order valence-electron chi connectivity index (χ4n) is 1.81. The molecule has 0 fully saturated rings. The van der Waals surface area contributed by atoms with Crippen molar-refractivity contribution >= 4 is 27.3 Å². The lowest BCUT2D eigenvalue weighted by molar-refractivity contribution is 0.0954. The largest absolute Gasteiger partial charge is 0.393 e. The van der Waals surface area contributed by atoms with E-state index >= 15 is 0 Å². The third-order valence-electron chi connectivity index (χ3n) is 2.79. The second kappa shape index (κ2) is 6.12. The summed E-state index contributed by atoms with van der Waals surface area (Å²) in [6, 6.07) is 6.20. The molecule has 2 rings (SSSR count). The van der Waals surface area contributed by atoms with Gasteiger partial charge in [0, 0.05) is 11.2 Å². The Labute approximate surface area is 115 Å². The maximum Gasteiger partial charge on any atom is 0.261 e. The Morgan fingerprint density at radius 1 is 1.47 bits per heavy atom. The summed E-state index contributed by atoms with van der Waals surface area (Å²) in [7, 11) is 0. The van der Waals surface area contributed by atoms with Gasteiger partial charge in [0.15, 0.2) is 0 Å². The number of nitrogens with one attached hydrogen (secondary N) is 1. The van der Waals surface area contributed by atoms with E-state index in [1.807, 2.05) is 0 Å². The van der Waals surface area contributed by atoms with Crippen molar-refractivity contribution in [1.82, 2.24) is 5.32 Å². The van der Waals surface area contributed by atoms with Crippen molar-refractivity contribution in [2.45, 2.75) is 25.9 Å². The number of carbonyl (C=O) groups is 1. The lowest BCUT2D eigenvalue weighted by Crippen LogP contribution is -2.24. The van der Waals surface area contributed by atoms with Crippen molar-refractivity contribution in [3.63, 3.8) is 0 Å². The van der Waals surface area contributed by atoms with E-state index in [4.69, 9.17) is 5.11 Å². The van der Waals surface area contributed by atoms with E-state index in [0.717, 1.165) is 16.5 Å². The summed E-state index contributed by atoms with van der Waals surface area (Å²) in [6.45, 7) is 2.26. The third-order valence-corrected chi connectivity index (χ3v) is 3.90. The molecule has 0 spiro atoms. The summed E-state index contributed by atoms with van der Waals surface area (Å²) in [4.78, 5) is 12.5. The Hall–Kier alpha value is -1.46. The number of rotatable bonds is 5. The van der Waals surface area contributed by atoms with E-state index in [0.29, 0.717) is 17.8 Å². The second-order valence-electron chi connectivity index (χ2n) is 4.54. The number of benzene rings is 1. The first-order chi connectivity index (χ1) is 9.06. The quantitative estimate of drug-likeness (QED) is 0.828. The molecule has 0 aliphatic rings. The molecule has 0 saturated heterocycles. The minimum atomic E-state index is -0.343. The van der Waals surface area contributed by atoms with Gasteiger partial charge in [-0.25, -0.2) is 4.39 Å². The highest BCUT2D eigenvalue weighted by molar-refractivity contribution is 7.20. The SMILES string of the molecule is CC(O)CCCNC(=O)c1cc2cc(F)ccc2s1. The Morgan fingerprint density at radius 3 is 3.00 bits per heavy atom. The van der Waals surface area contributed by atoms with Crippen LogP contribution in [0.3, 0.4) is 0 Å². The number of halogens is 1. The molecule has 1 atom stereocenters. The first kappa shape index (κ1) is 14.0. The fourth-order valence-corrected chi connectivity index (χ4v) is 2.77. The molecule has 1 aromatic carbocycles. The number of amides is 1. The number of hydrogen-bond donors (Lipinski definition) is 2. The minimum absolute atomic E-state index is 0.146. The van der Waals surface area contributed by atoms with E-state index in [2.05, 4.69) is 5.32 Å². The molecule has 1 aromatic heterocycles. The van der Waals surface area contributed by atoms with Crippen LogP contribution < -0.4 is 5.32 Å². The molecule has 3 nitrogen and oxygen atoms in total. The lowest BCUT2D eigenvalue weighted by Gasteiger charge is -2.04. The molecule has 0 radical (unpaired) electrons. The zero-order chi connectivity index (χ0) is 13.8. The fraction of sp³-hybridized carbons (Fsp3) is 0.357. The molecule has 1 amide bonds. The summed E-state index contributed by atoms with van der Waals surface area (Å²) in [5, 5.41) is 12.7. The number of thiophene rings is 1. The molecule has 0 saturated carbocycles. The van der Waals surface area contributed by atoms with Crippen molar-refractivity contribution < 1.29 is 14.3 Å². The van der Waals surface area contributed by atoms with Gasteiger partial charge in [0.25, 0.3) is 5.91 Å². The van der Waals surface area contributed by atoms with Crippen LogP contribution in [0.5, 0.6) is 0 Å². The van der Waals surface area contributed by atoms with Crippen LogP contribution in [-0.4, -0.2) is 23.7 Å². The van der Waals surface area contributed by atoms with Gasteiger partial charge < -0.3 is 10.4 Å². The highest BCUT2D eigenvalue weighted by atomic mass is 32.1. The molecule has 1 heterocycles. The van der Waals surface area contributed by atoms with E-state index in [1.54, 1.807) is 19.1 Å². The van der Waals surface area contributed by atoms with Gasteiger partial charge in [0.05, 0.1) is 11.0 Å². The van der Waals surface area contributed by atoms with E-state index in [9.17, 15) is 9.18 Å². The third kappa shape index (κ3) is 3.75. The van der Waals surface area contributed by atoms with Crippen LogP contribution in [0.2, 0.25) is 0 Å². The van der Waals surface area contributed by atoms with Crippen LogP contribution in [-0.2, 0) is 0 Å². The van der Waals surface area contributed by atoms with Gasteiger partial charge in [-0.1, -0.05) is 0 Å². The summed E-state index contributed by atoms with van der Waals surface area (Å²) in [5.74, 6) is -0.443. The molecule has 2 aromatic rings. The van der Waals surface area contributed by atoms with Gasteiger partial charge in [-0.15, -0.1) is 11.3 Å². The molecule has 5 heteroatoms. The summed E-state index contributed by atoms with van der Waals surface area (Å²) >= 11 is 1.35. The Kier molecular flexibility index (Phi) is 4.50. The summed E-state index contributed by atoms with van der Waals surface area (Å²) < 4.78 is 14.0. The molecule has 0 aliphatic heterocycles. The van der Waals surface area contributed by atoms with Crippen LogP contribution in [0.1, 0.15) is 29.4 Å². The number of carbonyl (C=O) groups excluding carboxylic acids is 1. The maximum atomic E-state index is 13.1. The first-order valence-corrected chi connectivity index (χ1v) is 7.03. The van der Waals surface area contributed by atoms with Crippen LogP contribution in [0.25, 0.3) is 10.1 Å². The lowest BCUT2D eigenvalue weighted by atomic mass is 10.2. The topological polar surface area (TPSA) is 49.3 Å². The van der Waals surface area contributed by atoms with Crippen LogP contribution >= 0.6 is 11.3 Å². The number of aliphatic hydroxyl groups is 1. The van der Waals surface area contributed by atoms with Crippen LogP contribution in [0, 0.1) is 5.82 Å². The van der Waals surface area contributed by atoms with Crippen LogP contribution in [0.15, 0.2) is 24.3 Å². The predicted molar refractivity (Wildman–Crippen MR) is 75.0 cm³/mol. The minimum Gasteiger partial charge on any atom is -0.393 e. The molecule has 102 valence electrons. The molecule has 1 unspecified atom stereocenters. The predicted octanol–water partition coefficient (Wildman–Crippen LogP) is 2.93.